The summed E-state index contributed by atoms with van der Waals surface area (Å²) in [7, 11) is 0. The van der Waals surface area contributed by atoms with E-state index in [4.69, 9.17) is 6.57 Å². The van der Waals surface area contributed by atoms with E-state index in [1.54, 1.807) is 18.5 Å². The summed E-state index contributed by atoms with van der Waals surface area (Å²) >= 11 is 1.46. The minimum absolute atomic E-state index is 0.0885. The smallest absolute Gasteiger partial charge is 0.187 e. The second kappa shape index (κ2) is 6.33. The molecule has 0 radical (unpaired) electrons. The third kappa shape index (κ3) is 3.11. The second-order valence-corrected chi connectivity index (χ2v) is 5.87. The van der Waals surface area contributed by atoms with E-state index < -0.39 is 0 Å². The Morgan fingerprint density at radius 2 is 2.09 bits per heavy atom. The van der Waals surface area contributed by atoms with E-state index in [9.17, 15) is 4.79 Å². The number of Topliss-reactive ketones (excluding diaryl/α,β-unsaturated/α-hetero) is 1. The van der Waals surface area contributed by atoms with Gasteiger partial charge in [-0.05, 0) is 35.4 Å². The first-order chi connectivity index (χ1) is 10.8. The Labute approximate surface area is 132 Å². The van der Waals surface area contributed by atoms with Crippen molar-refractivity contribution in [2.24, 2.45) is 0 Å². The molecule has 0 bridgehead atoms. The van der Waals surface area contributed by atoms with Crippen molar-refractivity contribution < 1.29 is 4.79 Å². The molecule has 0 atom stereocenters. The fourth-order valence-corrected chi connectivity index (χ4v) is 3.09. The third-order valence-electron chi connectivity index (χ3n) is 3.23. The van der Waals surface area contributed by atoms with Crippen molar-refractivity contribution in [2.75, 3.05) is 0 Å². The highest BCUT2D eigenvalue weighted by atomic mass is 32.1. The summed E-state index contributed by atoms with van der Waals surface area (Å²) in [5.41, 5.74) is 2.49. The number of hydrogen-bond donors (Lipinski definition) is 0. The van der Waals surface area contributed by atoms with E-state index in [2.05, 4.69) is 9.83 Å². The predicted molar refractivity (Wildman–Crippen MR) is 88.3 cm³/mol. The molecule has 0 amide bonds. The van der Waals surface area contributed by atoms with E-state index in [1.807, 2.05) is 42.5 Å². The van der Waals surface area contributed by atoms with Gasteiger partial charge in [-0.25, -0.2) is 4.85 Å². The Kier molecular flexibility index (Phi) is 4.08. The zero-order valence-electron chi connectivity index (χ0n) is 11.7. The molecular weight excluding hydrogens is 292 g/mol. The maximum absolute atomic E-state index is 12.3. The van der Waals surface area contributed by atoms with Gasteiger partial charge in [-0.15, -0.1) is 11.3 Å². The van der Waals surface area contributed by atoms with Gasteiger partial charge in [-0.1, -0.05) is 24.3 Å². The molecule has 3 nitrogen and oxygen atoms in total. The van der Waals surface area contributed by atoms with Crippen LogP contribution in [0.1, 0.15) is 15.2 Å². The normalized spacial score (nSPS) is 10.1. The highest BCUT2D eigenvalue weighted by Gasteiger charge is 2.11. The minimum Gasteiger partial charge on any atom is -0.293 e. The van der Waals surface area contributed by atoms with Gasteiger partial charge in [0.15, 0.2) is 11.5 Å². The molecule has 2 aromatic heterocycles. The summed E-state index contributed by atoms with van der Waals surface area (Å²) in [5.74, 6) is 0.0885. The van der Waals surface area contributed by atoms with Crippen LogP contribution in [-0.4, -0.2) is 10.8 Å². The Morgan fingerprint density at radius 3 is 2.86 bits per heavy atom. The van der Waals surface area contributed by atoms with E-state index >= 15 is 0 Å². The van der Waals surface area contributed by atoms with Crippen molar-refractivity contribution in [1.29, 1.82) is 0 Å². The molecular formula is C18H12N2OS. The lowest BCUT2D eigenvalue weighted by Crippen LogP contribution is -2.00. The first kappa shape index (κ1) is 14.2. The molecule has 0 aliphatic rings. The van der Waals surface area contributed by atoms with Crippen molar-refractivity contribution in [3.8, 4) is 10.4 Å². The number of benzene rings is 1. The van der Waals surface area contributed by atoms with Crippen molar-refractivity contribution >= 4 is 22.8 Å². The lowest BCUT2D eigenvalue weighted by Gasteiger charge is -1.99. The van der Waals surface area contributed by atoms with Crippen molar-refractivity contribution in [3.63, 3.8) is 0 Å². The Bertz CT molecular complexity index is 847. The van der Waals surface area contributed by atoms with Gasteiger partial charge >= 0.3 is 0 Å². The van der Waals surface area contributed by atoms with E-state index in [1.165, 1.54) is 11.3 Å². The molecule has 1 aromatic carbocycles. The van der Waals surface area contributed by atoms with Crippen LogP contribution in [0.15, 0.2) is 60.9 Å². The van der Waals surface area contributed by atoms with Crippen LogP contribution in [0.25, 0.3) is 15.3 Å². The van der Waals surface area contributed by atoms with Gasteiger partial charge in [0.1, 0.15) is 0 Å². The van der Waals surface area contributed by atoms with Crippen LogP contribution < -0.4 is 0 Å². The van der Waals surface area contributed by atoms with Crippen molar-refractivity contribution in [2.45, 2.75) is 6.42 Å². The Hall–Kier alpha value is -2.77. The van der Waals surface area contributed by atoms with Gasteiger partial charge < -0.3 is 0 Å². The van der Waals surface area contributed by atoms with Crippen molar-refractivity contribution in [3.05, 3.63) is 82.8 Å². The molecule has 106 valence electrons. The minimum atomic E-state index is 0.0885. The molecule has 0 N–H and O–H groups in total. The highest BCUT2D eigenvalue weighted by Crippen LogP contribution is 2.31. The number of nitrogens with zero attached hydrogens (tertiary/aromatic N) is 2. The van der Waals surface area contributed by atoms with Crippen LogP contribution in [0.2, 0.25) is 0 Å². The van der Waals surface area contributed by atoms with Crippen molar-refractivity contribution in [1.82, 2.24) is 4.98 Å². The summed E-state index contributed by atoms with van der Waals surface area (Å²) in [6.07, 6.45) is 3.77. The number of pyridine rings is 1. The Balaban J connectivity index is 1.81. The Morgan fingerprint density at radius 1 is 1.18 bits per heavy atom. The number of hydrogen-bond acceptors (Lipinski definition) is 3. The number of rotatable bonds is 4. The number of carbonyl (C=O) groups is 1. The molecule has 0 unspecified atom stereocenters. The quantitative estimate of drug-likeness (QED) is 0.513. The molecule has 0 fully saturated rings. The fraction of sp³-hybridized carbons (Fsp3) is 0.0556. The van der Waals surface area contributed by atoms with Gasteiger partial charge in [0.05, 0.1) is 11.4 Å². The maximum atomic E-state index is 12.3. The molecule has 0 aliphatic carbocycles. The lowest BCUT2D eigenvalue weighted by molar-refractivity contribution is 0.0996. The van der Waals surface area contributed by atoms with E-state index in [0.29, 0.717) is 12.1 Å². The summed E-state index contributed by atoms with van der Waals surface area (Å²) < 4.78 is 0. The third-order valence-corrected chi connectivity index (χ3v) is 4.40. The van der Waals surface area contributed by atoms with Crippen LogP contribution in [0.3, 0.4) is 0 Å². The second-order valence-electron chi connectivity index (χ2n) is 4.79. The number of aromatic nitrogens is 1. The molecule has 3 rings (SSSR count). The largest absolute Gasteiger partial charge is 0.293 e. The molecule has 22 heavy (non-hydrogen) atoms. The topological polar surface area (TPSA) is 34.3 Å². The molecule has 0 saturated heterocycles. The fourth-order valence-electron chi connectivity index (χ4n) is 2.15. The zero-order valence-corrected chi connectivity index (χ0v) is 12.5. The average Bonchev–Trinajstić information content (AvgIpc) is 3.06. The standard InChI is InChI=1S/C18H12N2OS/c1-19-15-6-2-5-14(11-15)17-7-8-18(22-17)16(21)10-13-4-3-9-20-12-13/h2-9,11-12H,10H2. The summed E-state index contributed by atoms with van der Waals surface area (Å²) in [5, 5.41) is 0. The van der Waals surface area contributed by atoms with Crippen LogP contribution in [0.4, 0.5) is 5.69 Å². The van der Waals surface area contributed by atoms with Crippen LogP contribution in [0.5, 0.6) is 0 Å². The van der Waals surface area contributed by atoms with Crippen LogP contribution in [0, 0.1) is 6.57 Å². The first-order valence-corrected chi connectivity index (χ1v) is 7.58. The summed E-state index contributed by atoms with van der Waals surface area (Å²) in [6, 6.07) is 15.0. The van der Waals surface area contributed by atoms with Gasteiger partial charge in [0.25, 0.3) is 0 Å². The monoisotopic (exact) mass is 304 g/mol. The van der Waals surface area contributed by atoms with Crippen LogP contribution >= 0.6 is 11.3 Å². The average molecular weight is 304 g/mol. The lowest BCUT2D eigenvalue weighted by atomic mass is 10.1. The molecule has 3 aromatic rings. The SMILES string of the molecule is [C-]#[N+]c1cccc(-c2ccc(C(=O)Cc3cccnc3)s2)c1. The van der Waals surface area contributed by atoms with Gasteiger partial charge in [-0.3, -0.25) is 9.78 Å². The summed E-state index contributed by atoms with van der Waals surface area (Å²) in [6.45, 7) is 7.07. The molecule has 0 aliphatic heterocycles. The molecule has 0 spiro atoms. The predicted octanol–water partition coefficient (Wildman–Crippen LogP) is 4.79. The van der Waals surface area contributed by atoms with Crippen LogP contribution in [-0.2, 0) is 6.42 Å². The number of carbonyl (C=O) groups excluding carboxylic acids is 1. The van der Waals surface area contributed by atoms with Gasteiger partial charge in [0, 0.05) is 23.7 Å². The van der Waals surface area contributed by atoms with Gasteiger partial charge in [-0.2, -0.15) is 0 Å². The zero-order chi connectivity index (χ0) is 15.4. The molecule has 2 heterocycles. The van der Waals surface area contributed by atoms with E-state index in [0.717, 1.165) is 20.9 Å². The number of ketones is 1. The summed E-state index contributed by atoms with van der Waals surface area (Å²) in [4.78, 5) is 21.5. The molecule has 0 saturated carbocycles. The maximum Gasteiger partial charge on any atom is 0.187 e. The first-order valence-electron chi connectivity index (χ1n) is 6.76. The molecule has 4 heteroatoms. The van der Waals surface area contributed by atoms with E-state index in [-0.39, 0.29) is 5.78 Å². The number of thiophene rings is 1. The van der Waals surface area contributed by atoms with Gasteiger partial charge in [0.2, 0.25) is 0 Å². The highest BCUT2D eigenvalue weighted by molar-refractivity contribution is 7.17.